The molecule has 1 aromatic heterocycles. The van der Waals surface area contributed by atoms with E-state index in [0.717, 1.165) is 32.0 Å². The molecule has 1 fully saturated rings. The Morgan fingerprint density at radius 1 is 1.59 bits per heavy atom. The van der Waals surface area contributed by atoms with Crippen molar-refractivity contribution < 1.29 is 4.74 Å². The zero-order chi connectivity index (χ0) is 12.1. The highest BCUT2D eigenvalue weighted by atomic mass is 32.1. The fraction of sp³-hybridized carbons (Fsp3) is 0.500. The molecule has 0 radical (unpaired) electrons. The van der Waals surface area contributed by atoms with Crippen molar-refractivity contribution in [2.75, 3.05) is 25.1 Å². The second-order valence-corrected chi connectivity index (χ2v) is 4.68. The van der Waals surface area contributed by atoms with Crippen LogP contribution in [-0.2, 0) is 4.74 Å². The van der Waals surface area contributed by atoms with Gasteiger partial charge in [-0.15, -0.1) is 0 Å². The molecule has 1 unspecified atom stereocenters. The van der Waals surface area contributed by atoms with Crippen LogP contribution in [0.2, 0.25) is 0 Å². The summed E-state index contributed by atoms with van der Waals surface area (Å²) < 4.78 is 5.43. The molecule has 1 saturated heterocycles. The SMILES string of the molecule is NC(=S)c1cccc(NCC2CCCOC2)n1. The zero-order valence-electron chi connectivity index (χ0n) is 9.69. The van der Waals surface area contributed by atoms with Gasteiger partial charge in [0.05, 0.1) is 12.3 Å². The summed E-state index contributed by atoms with van der Waals surface area (Å²) in [7, 11) is 0. The van der Waals surface area contributed by atoms with E-state index in [-0.39, 0.29) is 0 Å². The average Bonchev–Trinajstić information content (AvgIpc) is 2.38. The highest BCUT2D eigenvalue weighted by Gasteiger charge is 2.13. The summed E-state index contributed by atoms with van der Waals surface area (Å²) in [6.45, 7) is 2.61. The molecule has 17 heavy (non-hydrogen) atoms. The number of rotatable bonds is 4. The lowest BCUT2D eigenvalue weighted by atomic mass is 10.0. The van der Waals surface area contributed by atoms with Gasteiger partial charge in [-0.05, 0) is 30.9 Å². The normalized spacial score (nSPS) is 19.9. The van der Waals surface area contributed by atoms with Gasteiger partial charge in [-0.1, -0.05) is 18.3 Å². The molecule has 0 aliphatic carbocycles. The Morgan fingerprint density at radius 2 is 2.47 bits per heavy atom. The Balaban J connectivity index is 1.89. The molecule has 1 aliphatic rings. The first-order chi connectivity index (χ1) is 8.25. The van der Waals surface area contributed by atoms with E-state index >= 15 is 0 Å². The molecule has 0 saturated carbocycles. The quantitative estimate of drug-likeness (QED) is 0.795. The van der Waals surface area contributed by atoms with Crippen molar-refractivity contribution in [3.05, 3.63) is 23.9 Å². The van der Waals surface area contributed by atoms with Crippen molar-refractivity contribution in [1.82, 2.24) is 4.98 Å². The lowest BCUT2D eigenvalue weighted by Crippen LogP contribution is -2.24. The minimum atomic E-state index is 0.328. The molecule has 5 heteroatoms. The van der Waals surface area contributed by atoms with E-state index in [1.807, 2.05) is 18.2 Å². The van der Waals surface area contributed by atoms with E-state index in [0.29, 0.717) is 16.6 Å². The Morgan fingerprint density at radius 3 is 3.18 bits per heavy atom. The van der Waals surface area contributed by atoms with Crippen molar-refractivity contribution in [2.24, 2.45) is 11.7 Å². The van der Waals surface area contributed by atoms with E-state index in [9.17, 15) is 0 Å². The maximum absolute atomic E-state index is 5.54. The van der Waals surface area contributed by atoms with Gasteiger partial charge in [-0.3, -0.25) is 0 Å². The van der Waals surface area contributed by atoms with E-state index in [4.69, 9.17) is 22.7 Å². The fourth-order valence-corrected chi connectivity index (χ4v) is 2.00. The molecule has 1 aliphatic heterocycles. The minimum absolute atomic E-state index is 0.328. The number of anilines is 1. The van der Waals surface area contributed by atoms with Crippen LogP contribution in [0.4, 0.5) is 5.82 Å². The molecular weight excluding hydrogens is 234 g/mol. The van der Waals surface area contributed by atoms with E-state index < -0.39 is 0 Å². The van der Waals surface area contributed by atoms with E-state index in [1.165, 1.54) is 6.42 Å². The van der Waals surface area contributed by atoms with E-state index in [1.54, 1.807) is 0 Å². The molecular formula is C12H17N3OS. The van der Waals surface area contributed by atoms with Crippen LogP contribution in [0.15, 0.2) is 18.2 Å². The Kier molecular flexibility index (Phi) is 4.28. The standard InChI is InChI=1S/C12H17N3OS/c13-12(17)10-4-1-5-11(15-10)14-7-9-3-2-6-16-8-9/h1,4-5,9H,2-3,6-8H2,(H2,13,17)(H,14,15). The third-order valence-electron chi connectivity index (χ3n) is 2.83. The van der Waals surface area contributed by atoms with Crippen LogP contribution in [0, 0.1) is 5.92 Å². The van der Waals surface area contributed by atoms with Crippen LogP contribution < -0.4 is 11.1 Å². The van der Waals surface area contributed by atoms with Gasteiger partial charge in [-0.25, -0.2) is 4.98 Å². The fourth-order valence-electron chi connectivity index (χ4n) is 1.89. The first-order valence-corrected chi connectivity index (χ1v) is 6.25. The van der Waals surface area contributed by atoms with Crippen LogP contribution in [0.5, 0.6) is 0 Å². The topological polar surface area (TPSA) is 60.2 Å². The first-order valence-electron chi connectivity index (χ1n) is 5.84. The van der Waals surface area contributed by atoms with Gasteiger partial charge in [0.1, 0.15) is 10.8 Å². The first kappa shape index (κ1) is 12.3. The molecule has 0 spiro atoms. The van der Waals surface area contributed by atoms with Crippen LogP contribution in [0.1, 0.15) is 18.5 Å². The van der Waals surface area contributed by atoms with Crippen LogP contribution in [0.3, 0.4) is 0 Å². The monoisotopic (exact) mass is 251 g/mol. The van der Waals surface area contributed by atoms with Crippen molar-refractivity contribution in [2.45, 2.75) is 12.8 Å². The molecule has 4 nitrogen and oxygen atoms in total. The molecule has 0 aromatic carbocycles. The maximum Gasteiger partial charge on any atom is 0.126 e. The summed E-state index contributed by atoms with van der Waals surface area (Å²) in [6, 6.07) is 5.64. The average molecular weight is 251 g/mol. The van der Waals surface area contributed by atoms with Crippen molar-refractivity contribution in [1.29, 1.82) is 0 Å². The van der Waals surface area contributed by atoms with Crippen molar-refractivity contribution in [3.8, 4) is 0 Å². The maximum atomic E-state index is 5.54. The summed E-state index contributed by atoms with van der Waals surface area (Å²) in [6.07, 6.45) is 2.36. The number of hydrogen-bond donors (Lipinski definition) is 2. The highest BCUT2D eigenvalue weighted by Crippen LogP contribution is 2.14. The smallest absolute Gasteiger partial charge is 0.126 e. The van der Waals surface area contributed by atoms with Gasteiger partial charge in [-0.2, -0.15) is 0 Å². The molecule has 1 aromatic rings. The molecule has 0 amide bonds. The predicted octanol–water partition coefficient (Wildman–Crippen LogP) is 1.55. The van der Waals surface area contributed by atoms with Crippen LogP contribution in [-0.4, -0.2) is 29.7 Å². The second-order valence-electron chi connectivity index (χ2n) is 4.24. The number of hydrogen-bond acceptors (Lipinski definition) is 4. The molecule has 92 valence electrons. The third-order valence-corrected chi connectivity index (χ3v) is 3.04. The number of thiocarbonyl (C=S) groups is 1. The van der Waals surface area contributed by atoms with Gasteiger partial charge < -0.3 is 15.8 Å². The summed E-state index contributed by atoms with van der Waals surface area (Å²) in [5, 5.41) is 3.30. The Hall–Kier alpha value is -1.20. The number of nitrogens with two attached hydrogens (primary N) is 1. The van der Waals surface area contributed by atoms with Gasteiger partial charge in [0.2, 0.25) is 0 Å². The van der Waals surface area contributed by atoms with Gasteiger partial charge in [0.25, 0.3) is 0 Å². The van der Waals surface area contributed by atoms with Crippen LogP contribution >= 0.6 is 12.2 Å². The lowest BCUT2D eigenvalue weighted by Gasteiger charge is -2.22. The van der Waals surface area contributed by atoms with Gasteiger partial charge >= 0.3 is 0 Å². The third kappa shape index (κ3) is 3.64. The Bertz CT molecular complexity index is 391. The van der Waals surface area contributed by atoms with Crippen LogP contribution in [0.25, 0.3) is 0 Å². The number of aromatic nitrogens is 1. The molecule has 0 bridgehead atoms. The number of pyridine rings is 1. The van der Waals surface area contributed by atoms with Crippen molar-refractivity contribution in [3.63, 3.8) is 0 Å². The second kappa shape index (κ2) is 5.93. The summed E-state index contributed by atoms with van der Waals surface area (Å²) in [5.74, 6) is 1.39. The van der Waals surface area contributed by atoms with Crippen molar-refractivity contribution >= 4 is 23.0 Å². The largest absolute Gasteiger partial charge is 0.388 e. The number of ether oxygens (including phenoxy) is 1. The minimum Gasteiger partial charge on any atom is -0.388 e. The molecule has 3 N–H and O–H groups in total. The summed E-state index contributed by atoms with van der Waals surface area (Å²) in [5.41, 5.74) is 6.20. The molecule has 1 atom stereocenters. The zero-order valence-corrected chi connectivity index (χ0v) is 10.5. The number of nitrogens with one attached hydrogen (secondary N) is 1. The summed E-state index contributed by atoms with van der Waals surface area (Å²) in [4.78, 5) is 4.67. The summed E-state index contributed by atoms with van der Waals surface area (Å²) >= 11 is 4.90. The molecule has 2 rings (SSSR count). The lowest BCUT2D eigenvalue weighted by molar-refractivity contribution is 0.0595. The molecule has 2 heterocycles. The number of nitrogens with zero attached hydrogens (tertiary/aromatic N) is 1. The van der Waals surface area contributed by atoms with Gasteiger partial charge in [0, 0.05) is 13.2 Å². The highest BCUT2D eigenvalue weighted by molar-refractivity contribution is 7.80. The predicted molar refractivity (Wildman–Crippen MR) is 72.2 cm³/mol. The Labute approximate surface area is 107 Å². The van der Waals surface area contributed by atoms with Gasteiger partial charge in [0.15, 0.2) is 0 Å². The van der Waals surface area contributed by atoms with E-state index in [2.05, 4.69) is 10.3 Å².